The van der Waals surface area contributed by atoms with Crippen LogP contribution in [0.4, 0.5) is 15.0 Å². The Kier molecular flexibility index (Phi) is 6.47. The first kappa shape index (κ1) is 26.3. The predicted octanol–water partition coefficient (Wildman–Crippen LogP) is 5.24. The van der Waals surface area contributed by atoms with Crippen molar-refractivity contribution in [2.24, 2.45) is 5.92 Å². The van der Waals surface area contributed by atoms with Gasteiger partial charge in [-0.2, -0.15) is 0 Å². The Hall–Kier alpha value is -4.61. The molecule has 3 aromatic heterocycles. The number of aromatic nitrogens is 6. The number of nitrogens with one attached hydrogen (secondary N) is 1. The number of nitrogens with zero attached hydrogens (tertiary/aromatic N) is 7. The quantitative estimate of drug-likeness (QED) is 0.323. The molecule has 12 heteroatoms. The zero-order valence-electron chi connectivity index (χ0n) is 23.5. The third kappa shape index (κ3) is 5.01. The van der Waals surface area contributed by atoms with Gasteiger partial charge in [-0.1, -0.05) is 6.07 Å². The summed E-state index contributed by atoms with van der Waals surface area (Å²) in [6, 6.07) is 8.14. The number of ether oxygens (including phenoxy) is 1. The number of hydrogen-bond acceptors (Lipinski definition) is 7. The molecule has 1 aromatic carbocycles. The fourth-order valence-electron chi connectivity index (χ4n) is 5.33. The average Bonchev–Trinajstić information content (AvgIpc) is 3.90. The van der Waals surface area contributed by atoms with E-state index >= 15 is 4.39 Å². The van der Waals surface area contributed by atoms with Crippen LogP contribution >= 0.6 is 0 Å². The van der Waals surface area contributed by atoms with Crippen LogP contribution in [0.1, 0.15) is 78.8 Å². The summed E-state index contributed by atoms with van der Waals surface area (Å²) in [4.78, 5) is 37.3. The van der Waals surface area contributed by atoms with E-state index in [0.29, 0.717) is 47.8 Å². The maximum atomic E-state index is 15.6. The smallest absolute Gasteiger partial charge is 0.410 e. The summed E-state index contributed by atoms with van der Waals surface area (Å²) in [7, 11) is 0. The zero-order chi connectivity index (χ0) is 29.0. The van der Waals surface area contributed by atoms with Crippen molar-refractivity contribution in [2.75, 3.05) is 11.9 Å². The molecule has 1 N–H and O–H groups in total. The third-order valence-electron chi connectivity index (χ3n) is 7.98. The normalized spacial score (nSPS) is 16.1. The molecule has 2 saturated carbocycles. The fraction of sp³-hybridized carbons (Fsp3) is 0.400. The maximum absolute atomic E-state index is 15.6. The lowest BCUT2D eigenvalue weighted by Gasteiger charge is -2.20. The molecule has 2 amide bonds. The van der Waals surface area contributed by atoms with Crippen molar-refractivity contribution in [3.05, 3.63) is 71.3 Å². The molecular weight excluding hydrogens is 539 g/mol. The Morgan fingerprint density at radius 3 is 2.71 bits per heavy atom. The summed E-state index contributed by atoms with van der Waals surface area (Å²) in [5.74, 6) is 0.266. The third-order valence-corrected chi connectivity index (χ3v) is 7.98. The Morgan fingerprint density at radius 2 is 1.95 bits per heavy atom. The van der Waals surface area contributed by atoms with Crippen molar-refractivity contribution in [3.8, 4) is 17.2 Å². The Labute approximate surface area is 241 Å². The number of amides is 2. The van der Waals surface area contributed by atoms with E-state index in [2.05, 4.69) is 25.5 Å². The van der Waals surface area contributed by atoms with Crippen molar-refractivity contribution in [1.29, 1.82) is 0 Å². The van der Waals surface area contributed by atoms with E-state index in [9.17, 15) is 9.59 Å². The molecule has 42 heavy (non-hydrogen) atoms. The Morgan fingerprint density at radius 1 is 1.12 bits per heavy atom. The fourth-order valence-corrected chi connectivity index (χ4v) is 5.33. The van der Waals surface area contributed by atoms with E-state index in [1.807, 2.05) is 23.0 Å². The van der Waals surface area contributed by atoms with Crippen LogP contribution in [0.3, 0.4) is 0 Å². The van der Waals surface area contributed by atoms with Crippen LogP contribution in [-0.4, -0.2) is 52.8 Å². The molecule has 0 spiro atoms. The molecule has 3 aliphatic rings. The number of carbonyl (C=O) groups excluding carboxylic acids is 2. The minimum atomic E-state index is -0.695. The number of pyridine rings is 1. The molecular formula is C30H31FN8O3. The van der Waals surface area contributed by atoms with Crippen LogP contribution < -0.4 is 5.32 Å². The summed E-state index contributed by atoms with van der Waals surface area (Å²) in [5, 5.41) is 10.9. The van der Waals surface area contributed by atoms with Gasteiger partial charge in [0.05, 0.1) is 48.7 Å². The van der Waals surface area contributed by atoms with E-state index in [1.54, 1.807) is 35.8 Å². The van der Waals surface area contributed by atoms with E-state index in [-0.39, 0.29) is 24.0 Å². The number of fused-ring (bicyclic) bond motifs is 3. The lowest BCUT2D eigenvalue weighted by molar-refractivity contribution is 0.0929. The molecule has 0 radical (unpaired) electrons. The van der Waals surface area contributed by atoms with Crippen molar-refractivity contribution in [2.45, 2.75) is 64.6 Å². The Bertz CT molecular complexity index is 1690. The predicted molar refractivity (Wildman–Crippen MR) is 150 cm³/mol. The van der Waals surface area contributed by atoms with Crippen molar-refractivity contribution >= 4 is 17.8 Å². The highest BCUT2D eigenvalue weighted by atomic mass is 19.1. The van der Waals surface area contributed by atoms with Crippen LogP contribution in [0.25, 0.3) is 17.2 Å². The molecule has 1 aliphatic heterocycles. The van der Waals surface area contributed by atoms with Crippen LogP contribution in [0.15, 0.2) is 43.0 Å². The topological polar surface area (TPSA) is 120 Å². The lowest BCUT2D eigenvalue weighted by Crippen LogP contribution is -2.31. The number of hydrogen-bond donors (Lipinski definition) is 1. The molecule has 0 unspecified atom stereocenters. The van der Waals surface area contributed by atoms with Crippen LogP contribution in [-0.2, 0) is 17.8 Å². The molecule has 216 valence electrons. The highest BCUT2D eigenvalue weighted by Crippen LogP contribution is 2.42. The van der Waals surface area contributed by atoms with Gasteiger partial charge in [-0.25, -0.2) is 19.2 Å². The highest BCUT2D eigenvalue weighted by molar-refractivity contribution is 6.04. The van der Waals surface area contributed by atoms with Gasteiger partial charge >= 0.3 is 6.09 Å². The maximum Gasteiger partial charge on any atom is 0.410 e. The molecule has 0 bridgehead atoms. The summed E-state index contributed by atoms with van der Waals surface area (Å²) < 4.78 is 24.9. The largest absolute Gasteiger partial charge is 0.449 e. The molecule has 4 aromatic rings. The van der Waals surface area contributed by atoms with Gasteiger partial charge in [0.25, 0.3) is 5.91 Å². The van der Waals surface area contributed by atoms with E-state index in [4.69, 9.17) is 4.74 Å². The minimum absolute atomic E-state index is 0.119. The van der Waals surface area contributed by atoms with Gasteiger partial charge in [0.15, 0.2) is 5.82 Å². The van der Waals surface area contributed by atoms with E-state index in [0.717, 1.165) is 37.1 Å². The van der Waals surface area contributed by atoms with Crippen molar-refractivity contribution < 1.29 is 18.7 Å². The molecule has 2 aliphatic carbocycles. The summed E-state index contributed by atoms with van der Waals surface area (Å²) in [6.45, 7) is 4.87. The highest BCUT2D eigenvalue weighted by Gasteiger charge is 2.35. The molecule has 2 fully saturated rings. The van der Waals surface area contributed by atoms with Gasteiger partial charge in [0, 0.05) is 12.0 Å². The second-order valence-electron chi connectivity index (χ2n) is 11.6. The second-order valence-corrected chi connectivity index (χ2v) is 11.6. The molecule has 0 atom stereocenters. The van der Waals surface area contributed by atoms with Gasteiger partial charge < -0.3 is 19.2 Å². The first-order valence-electron chi connectivity index (χ1n) is 14.3. The van der Waals surface area contributed by atoms with Gasteiger partial charge in [0.1, 0.15) is 23.7 Å². The number of carbonyl (C=O) groups is 2. The van der Waals surface area contributed by atoms with Crippen LogP contribution in [0.2, 0.25) is 0 Å². The SMILES string of the molecule is CC(C)n1cnnc1-c1cccc(NC(=O)c2cc3c(cc2F)CN(C(=O)OCC2CC2)Cc2c(C4CC4)ncn2-3)n1. The van der Waals surface area contributed by atoms with E-state index in [1.165, 1.54) is 12.1 Å². The molecule has 0 saturated heterocycles. The van der Waals surface area contributed by atoms with Crippen molar-refractivity contribution in [3.63, 3.8) is 0 Å². The second kappa shape index (κ2) is 10.3. The van der Waals surface area contributed by atoms with Crippen LogP contribution in [0, 0.1) is 11.7 Å². The molecule has 4 heterocycles. The number of halogens is 1. The van der Waals surface area contributed by atoms with Gasteiger partial charge in [-0.05, 0) is 75.3 Å². The average molecular weight is 571 g/mol. The summed E-state index contributed by atoms with van der Waals surface area (Å²) in [5.41, 5.74) is 3.38. The number of imidazole rings is 1. The molecule has 11 nitrogen and oxygen atoms in total. The first-order valence-corrected chi connectivity index (χ1v) is 14.3. The van der Waals surface area contributed by atoms with Gasteiger partial charge in [-0.15, -0.1) is 10.2 Å². The molecule has 7 rings (SSSR count). The van der Waals surface area contributed by atoms with Gasteiger partial charge in [0.2, 0.25) is 0 Å². The number of rotatable bonds is 7. The lowest BCUT2D eigenvalue weighted by atomic mass is 10.1. The summed E-state index contributed by atoms with van der Waals surface area (Å²) in [6.07, 6.45) is 7.14. The first-order chi connectivity index (χ1) is 20.4. The van der Waals surface area contributed by atoms with Crippen LogP contribution in [0.5, 0.6) is 0 Å². The number of benzene rings is 1. The monoisotopic (exact) mass is 570 g/mol. The standard InChI is InChI=1S/C30H31FN8O3/c1-17(2)38-16-33-36-28(38)23-4-3-5-26(34-23)35-29(40)21-11-24-20(10-22(21)31)12-37(30(41)42-14-18-6-7-18)13-25-27(19-8-9-19)32-15-39(24)25/h3-5,10-11,15-19H,6-9,12-14H2,1-2H3,(H,34,35,40). The zero-order valence-corrected chi connectivity index (χ0v) is 23.5. The van der Waals surface area contributed by atoms with Gasteiger partial charge in [-0.3, -0.25) is 9.69 Å². The minimum Gasteiger partial charge on any atom is -0.449 e. The number of anilines is 1. The van der Waals surface area contributed by atoms with Crippen molar-refractivity contribution in [1.82, 2.24) is 34.2 Å². The van der Waals surface area contributed by atoms with E-state index < -0.39 is 17.8 Å². The summed E-state index contributed by atoms with van der Waals surface area (Å²) >= 11 is 0. The Balaban J connectivity index is 1.20.